The highest BCUT2D eigenvalue weighted by atomic mass is 19.4. The molecule has 1 aliphatic carbocycles. The van der Waals surface area contributed by atoms with Gasteiger partial charge in [0.1, 0.15) is 11.6 Å². The van der Waals surface area contributed by atoms with Gasteiger partial charge in [-0.2, -0.15) is 13.2 Å². The number of nitrogens with zero attached hydrogens (tertiary/aromatic N) is 1. The van der Waals surface area contributed by atoms with Gasteiger partial charge in [0.2, 0.25) is 5.91 Å². The molecule has 0 aromatic heterocycles. The van der Waals surface area contributed by atoms with E-state index in [2.05, 4.69) is 10.6 Å². The Kier molecular flexibility index (Phi) is 8.62. The van der Waals surface area contributed by atoms with Crippen LogP contribution in [0, 0.1) is 24.0 Å². The fourth-order valence-electron chi connectivity index (χ4n) is 4.76. The van der Waals surface area contributed by atoms with Crippen LogP contribution in [0.5, 0.6) is 0 Å². The second kappa shape index (κ2) is 11.2. The predicted molar refractivity (Wildman–Crippen MR) is 130 cm³/mol. The van der Waals surface area contributed by atoms with Crippen molar-refractivity contribution in [3.63, 3.8) is 0 Å². The Morgan fingerprint density at radius 1 is 1.05 bits per heavy atom. The van der Waals surface area contributed by atoms with Crippen LogP contribution in [0.1, 0.15) is 52.2 Å². The topological polar surface area (TPSA) is 61.4 Å². The van der Waals surface area contributed by atoms with E-state index in [-0.39, 0.29) is 36.9 Å². The third-order valence-corrected chi connectivity index (χ3v) is 7.25. The molecule has 0 heterocycles. The summed E-state index contributed by atoms with van der Waals surface area (Å²) in [5, 5.41) is 5.29. The molecule has 1 aliphatic rings. The highest BCUT2D eigenvalue weighted by molar-refractivity contribution is 5.94. The van der Waals surface area contributed by atoms with Crippen LogP contribution in [-0.4, -0.2) is 56.6 Å². The average molecular weight is 526 g/mol. The van der Waals surface area contributed by atoms with Crippen molar-refractivity contribution in [2.45, 2.75) is 50.7 Å². The van der Waals surface area contributed by atoms with Crippen LogP contribution in [0.25, 0.3) is 0 Å². The Morgan fingerprint density at radius 3 is 2.16 bits per heavy atom. The van der Waals surface area contributed by atoms with Gasteiger partial charge in [-0.05, 0) is 81.2 Å². The minimum absolute atomic E-state index is 0.158. The van der Waals surface area contributed by atoms with Gasteiger partial charge in [-0.3, -0.25) is 9.59 Å². The maximum atomic E-state index is 13.9. The number of carbonyl (C=O) groups excluding carboxylic acids is 2. The second-order valence-electron chi connectivity index (χ2n) is 9.96. The van der Waals surface area contributed by atoms with Gasteiger partial charge in [-0.1, -0.05) is 6.07 Å². The van der Waals surface area contributed by atoms with Gasteiger partial charge < -0.3 is 15.5 Å². The summed E-state index contributed by atoms with van der Waals surface area (Å²) in [6.07, 6.45) is -5.01. The fraction of sp³-hybridized carbons (Fsp3) is 0.481. The maximum Gasteiger partial charge on any atom is 0.395 e. The zero-order valence-electron chi connectivity index (χ0n) is 21.3. The van der Waals surface area contributed by atoms with E-state index in [9.17, 15) is 31.5 Å². The first-order valence-corrected chi connectivity index (χ1v) is 12.0. The number of rotatable bonds is 10. The van der Waals surface area contributed by atoms with Gasteiger partial charge in [0.25, 0.3) is 5.91 Å². The number of hydrogen-bond donors (Lipinski definition) is 2. The van der Waals surface area contributed by atoms with Crippen LogP contribution in [0.4, 0.5) is 22.0 Å². The maximum absolute atomic E-state index is 13.9. The zero-order chi connectivity index (χ0) is 27.5. The second-order valence-corrected chi connectivity index (χ2v) is 9.96. The van der Waals surface area contributed by atoms with Crippen molar-refractivity contribution >= 4 is 11.8 Å². The van der Waals surface area contributed by atoms with Crippen LogP contribution < -0.4 is 10.6 Å². The number of carbonyl (C=O) groups is 2. The van der Waals surface area contributed by atoms with Gasteiger partial charge in [0.15, 0.2) is 0 Å². The van der Waals surface area contributed by atoms with Crippen LogP contribution in [0.3, 0.4) is 0 Å². The Bertz CT molecular complexity index is 1130. The summed E-state index contributed by atoms with van der Waals surface area (Å²) in [4.78, 5) is 26.6. The molecule has 37 heavy (non-hydrogen) atoms. The lowest BCUT2D eigenvalue weighted by Gasteiger charge is -2.30. The molecule has 5 nitrogen and oxygen atoms in total. The van der Waals surface area contributed by atoms with E-state index in [1.807, 2.05) is 32.0 Å². The Morgan fingerprint density at radius 2 is 1.68 bits per heavy atom. The van der Waals surface area contributed by atoms with Gasteiger partial charge in [-0.15, -0.1) is 0 Å². The summed E-state index contributed by atoms with van der Waals surface area (Å²) < 4.78 is 69.5. The number of nitrogens with one attached hydrogen (secondary N) is 2. The molecular formula is C27H32F5N3O2. The molecule has 1 fully saturated rings. The van der Waals surface area contributed by atoms with E-state index in [1.165, 1.54) is 0 Å². The molecule has 2 N–H and O–H groups in total. The monoisotopic (exact) mass is 525 g/mol. The minimum Gasteiger partial charge on any atom is -0.355 e. The third-order valence-electron chi connectivity index (χ3n) is 7.25. The largest absolute Gasteiger partial charge is 0.395 e. The zero-order valence-corrected chi connectivity index (χ0v) is 21.3. The number of halogens is 5. The summed E-state index contributed by atoms with van der Waals surface area (Å²) in [6, 6.07) is 7.49. The molecule has 10 heteroatoms. The Hall–Kier alpha value is -3.01. The molecule has 2 atom stereocenters. The normalized spacial score (nSPS) is 16.3. The predicted octanol–water partition coefficient (Wildman–Crippen LogP) is 4.74. The van der Waals surface area contributed by atoms with Gasteiger partial charge in [0, 0.05) is 43.6 Å². The molecule has 0 saturated heterocycles. The van der Waals surface area contributed by atoms with E-state index < -0.39 is 41.5 Å². The molecule has 1 saturated carbocycles. The van der Waals surface area contributed by atoms with Crippen molar-refractivity contribution in [3.8, 4) is 0 Å². The fourth-order valence-corrected chi connectivity index (χ4v) is 4.76. The standard InChI is InChI=1S/C27H32F5N3O2/c1-16-9-18(25(37)33-2)6-5-17(16)12-22(35(3)4)15-34-24(36)14-23(26(7-8-26)27(30,31)32)19-10-20(28)13-21(29)11-19/h5-6,9-11,13,22-23H,7-8,12,14-15H2,1-4H3,(H,33,37)(H,34,36)/t22-,23-/m0/s1. The van der Waals surface area contributed by atoms with E-state index in [4.69, 9.17) is 0 Å². The van der Waals surface area contributed by atoms with Crippen LogP contribution in [0.2, 0.25) is 0 Å². The first-order chi connectivity index (χ1) is 17.3. The molecule has 2 aromatic carbocycles. The summed E-state index contributed by atoms with van der Waals surface area (Å²) in [5.41, 5.74) is 0.0428. The lowest BCUT2D eigenvalue weighted by molar-refractivity contribution is -0.194. The molecule has 0 aliphatic heterocycles. The van der Waals surface area contributed by atoms with Crippen LogP contribution >= 0.6 is 0 Å². The van der Waals surface area contributed by atoms with Crippen LogP contribution in [0.15, 0.2) is 36.4 Å². The molecular weight excluding hydrogens is 493 g/mol. The molecule has 3 rings (SSSR count). The molecule has 0 unspecified atom stereocenters. The summed E-state index contributed by atoms with van der Waals surface area (Å²) in [5.74, 6) is -4.18. The molecule has 0 radical (unpaired) electrons. The highest BCUT2D eigenvalue weighted by Gasteiger charge is 2.67. The van der Waals surface area contributed by atoms with E-state index in [0.29, 0.717) is 18.1 Å². The average Bonchev–Trinajstić information content (AvgIpc) is 3.61. The smallest absolute Gasteiger partial charge is 0.355 e. The van der Waals surface area contributed by atoms with Gasteiger partial charge in [0.05, 0.1) is 5.41 Å². The number of hydrogen-bond acceptors (Lipinski definition) is 3. The quantitative estimate of drug-likeness (QED) is 0.441. The lowest BCUT2D eigenvalue weighted by atomic mass is 9.80. The van der Waals surface area contributed by atoms with Crippen molar-refractivity contribution in [2.24, 2.45) is 5.41 Å². The number of benzene rings is 2. The van der Waals surface area contributed by atoms with Crippen molar-refractivity contribution in [1.82, 2.24) is 15.5 Å². The van der Waals surface area contributed by atoms with E-state index in [0.717, 1.165) is 23.3 Å². The molecule has 2 amide bonds. The highest BCUT2D eigenvalue weighted by Crippen LogP contribution is 2.66. The summed E-state index contributed by atoms with van der Waals surface area (Å²) in [6.45, 7) is 2.04. The molecule has 0 bridgehead atoms. The third kappa shape index (κ3) is 6.66. The molecule has 0 spiro atoms. The number of likely N-dealkylation sites (N-methyl/N-ethyl adjacent to an activating group) is 1. The first kappa shape index (κ1) is 28.6. The van der Waals surface area contributed by atoms with Gasteiger partial charge in [-0.25, -0.2) is 8.78 Å². The van der Waals surface area contributed by atoms with Crippen molar-refractivity contribution in [3.05, 3.63) is 70.3 Å². The van der Waals surface area contributed by atoms with E-state index in [1.54, 1.807) is 19.2 Å². The number of amides is 2. The number of alkyl halides is 3. The Labute approximate surface area is 213 Å². The van der Waals surface area contributed by atoms with Crippen molar-refractivity contribution in [1.29, 1.82) is 0 Å². The Balaban J connectivity index is 1.73. The minimum atomic E-state index is -4.61. The first-order valence-electron chi connectivity index (χ1n) is 12.0. The van der Waals surface area contributed by atoms with Crippen molar-refractivity contribution in [2.75, 3.05) is 27.7 Å². The van der Waals surface area contributed by atoms with Gasteiger partial charge >= 0.3 is 6.18 Å². The van der Waals surface area contributed by atoms with E-state index >= 15 is 0 Å². The van der Waals surface area contributed by atoms with Crippen molar-refractivity contribution < 1.29 is 31.5 Å². The summed E-state index contributed by atoms with van der Waals surface area (Å²) in [7, 11) is 5.20. The summed E-state index contributed by atoms with van der Waals surface area (Å²) >= 11 is 0. The molecule has 2 aromatic rings. The lowest BCUT2D eigenvalue weighted by Crippen LogP contribution is -2.43. The number of aryl methyl sites for hydroxylation is 1. The van der Waals surface area contributed by atoms with Crippen LogP contribution in [-0.2, 0) is 11.2 Å². The molecule has 202 valence electrons. The SMILES string of the molecule is CNC(=O)c1ccc(C[C@@H](CNC(=O)C[C@@H](c2cc(F)cc(F)c2)C2(C(F)(F)F)CC2)N(C)C)c(C)c1.